The molecular weight excluding hydrogens is 176 g/mol. The van der Waals surface area contributed by atoms with E-state index in [1.807, 2.05) is 27.7 Å². The maximum absolute atomic E-state index is 5.30. The Morgan fingerprint density at radius 2 is 1.18 bits per heavy atom. The summed E-state index contributed by atoms with van der Waals surface area (Å²) in [5.41, 5.74) is 0. The van der Waals surface area contributed by atoms with E-state index in [-0.39, 0.29) is 0 Å². The standard InChI is InChI=1S/C6H18O3Si2/c1-5(2)7-10-9-11-8-6(3)4/h5-6H,10-11H2,1-4H3. The van der Waals surface area contributed by atoms with Crippen molar-refractivity contribution in [1.29, 1.82) is 0 Å². The average molecular weight is 194 g/mol. The van der Waals surface area contributed by atoms with Crippen LogP contribution in [0.3, 0.4) is 0 Å². The molecule has 0 rings (SSSR count). The molecule has 0 aliphatic rings. The third kappa shape index (κ3) is 10.3. The van der Waals surface area contributed by atoms with Crippen LogP contribution in [0, 0.1) is 0 Å². The van der Waals surface area contributed by atoms with Gasteiger partial charge in [-0.05, 0) is 27.7 Å². The number of rotatable bonds is 6. The Labute approximate surface area is 73.5 Å². The first-order valence-electron chi connectivity index (χ1n) is 3.94. The van der Waals surface area contributed by atoms with Crippen LogP contribution in [0.4, 0.5) is 0 Å². The summed E-state index contributed by atoms with van der Waals surface area (Å²) in [7, 11) is -1.48. The highest BCUT2D eigenvalue weighted by molar-refractivity contribution is 6.34. The lowest BCUT2D eigenvalue weighted by molar-refractivity contribution is 0.191. The van der Waals surface area contributed by atoms with E-state index in [9.17, 15) is 0 Å². The summed E-state index contributed by atoms with van der Waals surface area (Å²) in [6, 6.07) is 0. The minimum absolute atomic E-state index is 0.301. The molecular formula is C6H18O3Si2. The minimum atomic E-state index is -0.742. The molecule has 0 radical (unpaired) electrons. The van der Waals surface area contributed by atoms with E-state index in [1.54, 1.807) is 0 Å². The van der Waals surface area contributed by atoms with Crippen LogP contribution in [-0.4, -0.2) is 32.2 Å². The van der Waals surface area contributed by atoms with E-state index < -0.39 is 20.0 Å². The van der Waals surface area contributed by atoms with Gasteiger partial charge in [-0.3, -0.25) is 0 Å². The lowest BCUT2D eigenvalue weighted by atomic mass is 10.5. The first-order chi connectivity index (χ1) is 5.13. The highest BCUT2D eigenvalue weighted by atomic mass is 28.3. The Kier molecular flexibility index (Phi) is 7.19. The molecule has 0 spiro atoms. The monoisotopic (exact) mass is 194 g/mol. The van der Waals surface area contributed by atoms with Gasteiger partial charge in [0.15, 0.2) is 0 Å². The van der Waals surface area contributed by atoms with Gasteiger partial charge in [-0.25, -0.2) is 0 Å². The fourth-order valence-corrected chi connectivity index (χ4v) is 1.99. The largest absolute Gasteiger partial charge is 0.424 e. The molecule has 0 amide bonds. The fourth-order valence-electron chi connectivity index (χ4n) is 0.402. The molecule has 0 unspecified atom stereocenters. The maximum Gasteiger partial charge on any atom is 0.295 e. The molecule has 0 atom stereocenters. The molecule has 0 fully saturated rings. The normalized spacial score (nSPS) is 13.6. The van der Waals surface area contributed by atoms with E-state index >= 15 is 0 Å². The quantitative estimate of drug-likeness (QED) is 0.435. The highest BCUT2D eigenvalue weighted by Gasteiger charge is 1.96. The predicted molar refractivity (Wildman–Crippen MR) is 50.6 cm³/mol. The lowest BCUT2D eigenvalue weighted by Gasteiger charge is -2.09. The van der Waals surface area contributed by atoms with Gasteiger partial charge in [0.2, 0.25) is 0 Å². The molecule has 0 aromatic heterocycles. The minimum Gasteiger partial charge on any atom is -0.424 e. The van der Waals surface area contributed by atoms with Crippen LogP contribution < -0.4 is 0 Å². The number of hydrogen-bond donors (Lipinski definition) is 0. The van der Waals surface area contributed by atoms with Crippen LogP contribution >= 0.6 is 0 Å². The zero-order chi connectivity index (χ0) is 8.69. The van der Waals surface area contributed by atoms with Gasteiger partial charge >= 0.3 is 0 Å². The Balaban J connectivity index is 2.91. The number of hydrogen-bond acceptors (Lipinski definition) is 3. The van der Waals surface area contributed by atoms with Crippen molar-refractivity contribution in [3.05, 3.63) is 0 Å². The summed E-state index contributed by atoms with van der Waals surface area (Å²) in [5.74, 6) is 0. The molecule has 3 nitrogen and oxygen atoms in total. The van der Waals surface area contributed by atoms with Crippen LogP contribution in [-0.2, 0) is 13.0 Å². The second-order valence-electron chi connectivity index (χ2n) is 2.87. The van der Waals surface area contributed by atoms with Crippen molar-refractivity contribution in [3.63, 3.8) is 0 Å². The molecule has 0 heterocycles. The summed E-state index contributed by atoms with van der Waals surface area (Å²) < 4.78 is 15.9. The van der Waals surface area contributed by atoms with Gasteiger partial charge in [-0.15, -0.1) is 0 Å². The molecule has 5 heteroatoms. The van der Waals surface area contributed by atoms with Gasteiger partial charge in [-0.1, -0.05) is 0 Å². The van der Waals surface area contributed by atoms with Crippen LogP contribution in [0.1, 0.15) is 27.7 Å². The Morgan fingerprint density at radius 1 is 0.818 bits per heavy atom. The van der Waals surface area contributed by atoms with Crippen molar-refractivity contribution in [2.45, 2.75) is 39.9 Å². The lowest BCUT2D eigenvalue weighted by Crippen LogP contribution is -2.17. The van der Waals surface area contributed by atoms with Crippen molar-refractivity contribution in [3.8, 4) is 0 Å². The van der Waals surface area contributed by atoms with E-state index in [0.29, 0.717) is 12.2 Å². The van der Waals surface area contributed by atoms with Gasteiger partial charge in [0.1, 0.15) is 0 Å². The van der Waals surface area contributed by atoms with Gasteiger partial charge in [0.05, 0.1) is 0 Å². The average Bonchev–Trinajstić information content (AvgIpc) is 1.85. The second kappa shape index (κ2) is 6.99. The van der Waals surface area contributed by atoms with Gasteiger partial charge in [0, 0.05) is 12.2 Å². The van der Waals surface area contributed by atoms with Crippen molar-refractivity contribution in [2.24, 2.45) is 0 Å². The fraction of sp³-hybridized carbons (Fsp3) is 1.00. The molecule has 0 N–H and O–H groups in total. The third-order valence-corrected chi connectivity index (χ3v) is 3.91. The molecule has 0 bridgehead atoms. The van der Waals surface area contributed by atoms with Crippen LogP contribution in [0.15, 0.2) is 0 Å². The van der Waals surface area contributed by atoms with Crippen molar-refractivity contribution >= 4 is 20.0 Å². The van der Waals surface area contributed by atoms with Crippen LogP contribution in [0.25, 0.3) is 0 Å². The smallest absolute Gasteiger partial charge is 0.295 e. The van der Waals surface area contributed by atoms with E-state index in [4.69, 9.17) is 13.0 Å². The summed E-state index contributed by atoms with van der Waals surface area (Å²) in [6.45, 7) is 8.06. The van der Waals surface area contributed by atoms with Crippen LogP contribution in [0.5, 0.6) is 0 Å². The zero-order valence-electron chi connectivity index (χ0n) is 7.79. The second-order valence-corrected chi connectivity index (χ2v) is 5.64. The zero-order valence-corrected chi connectivity index (χ0v) is 10.6. The predicted octanol–water partition coefficient (Wildman–Crippen LogP) is -0.149. The van der Waals surface area contributed by atoms with E-state index in [2.05, 4.69) is 0 Å². The molecule has 0 saturated carbocycles. The van der Waals surface area contributed by atoms with Gasteiger partial charge in [0.25, 0.3) is 20.0 Å². The van der Waals surface area contributed by atoms with Gasteiger partial charge < -0.3 is 13.0 Å². The summed E-state index contributed by atoms with van der Waals surface area (Å²) in [5, 5.41) is 0. The first-order valence-corrected chi connectivity index (χ1v) is 6.24. The summed E-state index contributed by atoms with van der Waals surface area (Å²) in [4.78, 5) is 0. The maximum atomic E-state index is 5.30. The molecule has 0 aromatic rings. The van der Waals surface area contributed by atoms with E-state index in [0.717, 1.165) is 0 Å². The topological polar surface area (TPSA) is 27.7 Å². The van der Waals surface area contributed by atoms with Crippen LogP contribution in [0.2, 0.25) is 0 Å². The van der Waals surface area contributed by atoms with Crippen molar-refractivity contribution in [1.82, 2.24) is 0 Å². The Bertz CT molecular complexity index is 77.9. The molecule has 11 heavy (non-hydrogen) atoms. The molecule has 0 aliphatic carbocycles. The highest BCUT2D eigenvalue weighted by Crippen LogP contribution is 1.87. The summed E-state index contributed by atoms with van der Waals surface area (Å²) >= 11 is 0. The third-order valence-electron chi connectivity index (χ3n) is 0.969. The Hall–Kier alpha value is 0.314. The van der Waals surface area contributed by atoms with E-state index in [1.165, 1.54) is 0 Å². The molecule has 0 aromatic carbocycles. The van der Waals surface area contributed by atoms with Gasteiger partial charge in [-0.2, -0.15) is 0 Å². The molecule has 68 valence electrons. The first kappa shape index (κ1) is 11.3. The SMILES string of the molecule is CC(C)O[SiH2]O[SiH2]OC(C)C. The molecule has 0 aliphatic heterocycles. The summed E-state index contributed by atoms with van der Waals surface area (Å²) in [6.07, 6.45) is 0.601. The Morgan fingerprint density at radius 3 is 1.45 bits per heavy atom. The van der Waals surface area contributed by atoms with Crippen molar-refractivity contribution < 1.29 is 13.0 Å². The molecule has 0 saturated heterocycles. The van der Waals surface area contributed by atoms with Crippen molar-refractivity contribution in [2.75, 3.05) is 0 Å².